The predicted molar refractivity (Wildman–Crippen MR) is 538 cm³/mol. The summed E-state index contributed by atoms with van der Waals surface area (Å²) in [6, 6.07) is 99.8. The molecule has 6 aliphatic rings. The summed E-state index contributed by atoms with van der Waals surface area (Å²) in [5.41, 5.74) is 30.9. The van der Waals surface area contributed by atoms with Crippen LogP contribution in [0.3, 0.4) is 0 Å². The van der Waals surface area contributed by atoms with Gasteiger partial charge in [0.05, 0.1) is 56.7 Å². The van der Waals surface area contributed by atoms with Crippen molar-refractivity contribution in [2.75, 3.05) is 54.3 Å². The van der Waals surface area contributed by atoms with Crippen LogP contribution in [0.25, 0.3) is 65.7 Å². The minimum atomic E-state index is -0.408. The van der Waals surface area contributed by atoms with Crippen molar-refractivity contribution in [1.29, 1.82) is 0 Å². The summed E-state index contributed by atoms with van der Waals surface area (Å²) in [7, 11) is 0. The maximum absolute atomic E-state index is 6.24. The van der Waals surface area contributed by atoms with Crippen LogP contribution in [0.5, 0.6) is 0 Å². The van der Waals surface area contributed by atoms with Gasteiger partial charge in [-0.3, -0.25) is 0 Å². The largest absolute Gasteiger partial charge is 0.346 e. The third-order valence-corrected chi connectivity index (χ3v) is 30.0. The number of hydrogen-bond acceptors (Lipinski definition) is 9. The molecule has 3 saturated heterocycles. The van der Waals surface area contributed by atoms with Crippen molar-refractivity contribution in [2.24, 2.45) is 0 Å². The number of unbranched alkanes of at least 4 members (excludes halogenated alkanes) is 18. The van der Waals surface area contributed by atoms with E-state index in [9.17, 15) is 0 Å². The van der Waals surface area contributed by atoms with E-state index < -0.39 is 16.2 Å². The number of anilines is 9. The van der Waals surface area contributed by atoms with Crippen LogP contribution < -0.4 is 14.7 Å². The summed E-state index contributed by atoms with van der Waals surface area (Å²) in [6.45, 7) is 18.0. The van der Waals surface area contributed by atoms with Crippen molar-refractivity contribution >= 4 is 83.5 Å². The zero-order valence-corrected chi connectivity index (χ0v) is 77.7. The average Bonchev–Trinajstić information content (AvgIpc) is 1.48. The zero-order chi connectivity index (χ0) is 87.7. The molecule has 3 fully saturated rings. The summed E-state index contributed by atoms with van der Waals surface area (Å²) in [6.07, 6.45) is 33.3. The molecule has 9 nitrogen and oxygen atoms in total. The SMILES string of the molecule is CCCCCCC1(CCCCCC)c2cc(N(c3ccc(C4OCCO4)cc3)c3cccc4ccccc34)ccc2-c2c1c1c(c3c2C(CCCCCC)(CCCCCC)c2cc(N(c4ccc(C5OCCO5)cc4)c4cccc5ccccc45)ccc2-3)C(CCCCCC)(CCCCCC)c2cc(N(c3ccc(C4OCCO4)cc3)c3cccc4ccccc34)ccc2-1. The second-order valence-electron chi connectivity index (χ2n) is 38.0. The van der Waals surface area contributed by atoms with Crippen LogP contribution in [0.1, 0.15) is 303 Å². The van der Waals surface area contributed by atoms with E-state index in [0.717, 1.165) is 111 Å². The smallest absolute Gasteiger partial charge is 0.184 e. The molecule has 0 saturated carbocycles. The molecule has 3 heterocycles. The molecule has 0 amide bonds. The van der Waals surface area contributed by atoms with Crippen LogP contribution in [-0.2, 0) is 44.7 Å². The monoisotopic (exact) mass is 1710 g/mol. The summed E-state index contributed by atoms with van der Waals surface area (Å²) >= 11 is 0. The van der Waals surface area contributed by atoms with Gasteiger partial charge < -0.3 is 43.1 Å². The highest BCUT2D eigenvalue weighted by Gasteiger charge is 2.58. The Labute approximate surface area is 768 Å². The number of ether oxygens (including phenoxy) is 6. The molecule has 0 bridgehead atoms. The van der Waals surface area contributed by atoms with Gasteiger partial charge in [-0.25, -0.2) is 0 Å². The molecule has 129 heavy (non-hydrogen) atoms. The Kier molecular flexibility index (Phi) is 27.5. The summed E-state index contributed by atoms with van der Waals surface area (Å²) < 4.78 is 37.4. The molecule has 3 aliphatic carbocycles. The topological polar surface area (TPSA) is 65.1 Å². The molecule has 19 rings (SSSR count). The fourth-order valence-electron chi connectivity index (χ4n) is 23.8. The summed E-state index contributed by atoms with van der Waals surface area (Å²) in [4.78, 5) is 7.86. The fraction of sp³-hybridized carbons (Fsp3) is 0.400. The van der Waals surface area contributed by atoms with Gasteiger partial charge in [-0.15, -0.1) is 0 Å². The van der Waals surface area contributed by atoms with Gasteiger partial charge in [-0.05, 0) is 212 Å². The lowest BCUT2D eigenvalue weighted by Gasteiger charge is -2.40. The van der Waals surface area contributed by atoms with E-state index in [1.54, 1.807) is 33.4 Å². The molecule has 3 aliphatic heterocycles. The van der Waals surface area contributed by atoms with E-state index in [-0.39, 0.29) is 18.9 Å². The maximum atomic E-state index is 6.24. The van der Waals surface area contributed by atoms with E-state index in [2.05, 4.69) is 311 Å². The quantitative estimate of drug-likeness (QED) is 0.0348. The Morgan fingerprint density at radius 2 is 0.457 bits per heavy atom. The number of rotatable bonds is 42. The molecule has 9 heteroatoms. The molecule has 0 spiro atoms. The number of benzene rings is 13. The van der Waals surface area contributed by atoms with E-state index in [0.29, 0.717) is 39.6 Å². The maximum Gasteiger partial charge on any atom is 0.184 e. The van der Waals surface area contributed by atoms with Crippen molar-refractivity contribution < 1.29 is 28.4 Å². The molecule has 0 aromatic heterocycles. The van der Waals surface area contributed by atoms with Crippen molar-refractivity contribution in [3.8, 4) is 33.4 Å². The first-order valence-electron chi connectivity index (χ1n) is 50.3. The fourth-order valence-corrected chi connectivity index (χ4v) is 23.8. The van der Waals surface area contributed by atoms with E-state index >= 15 is 0 Å². The van der Waals surface area contributed by atoms with Crippen LogP contribution in [0.4, 0.5) is 51.2 Å². The third-order valence-electron chi connectivity index (χ3n) is 30.0. The van der Waals surface area contributed by atoms with E-state index in [1.165, 1.54) is 215 Å². The number of fused-ring (bicyclic) bond motifs is 15. The first kappa shape index (κ1) is 88.1. The van der Waals surface area contributed by atoms with Gasteiger partial charge in [0.15, 0.2) is 18.9 Å². The highest BCUT2D eigenvalue weighted by atomic mass is 16.7. The summed E-state index contributed by atoms with van der Waals surface area (Å²) in [5.74, 6) is 0. The van der Waals surface area contributed by atoms with Gasteiger partial charge >= 0.3 is 0 Å². The van der Waals surface area contributed by atoms with Gasteiger partial charge in [-0.1, -0.05) is 359 Å². The third kappa shape index (κ3) is 17.0. The zero-order valence-electron chi connectivity index (χ0n) is 77.7. The van der Waals surface area contributed by atoms with Gasteiger partial charge in [0.2, 0.25) is 0 Å². The van der Waals surface area contributed by atoms with Crippen molar-refractivity contribution in [3.63, 3.8) is 0 Å². The highest BCUT2D eigenvalue weighted by molar-refractivity contribution is 6.08. The molecule has 0 radical (unpaired) electrons. The Bertz CT molecular complexity index is 5360. The minimum absolute atomic E-state index is 0.388. The highest BCUT2D eigenvalue weighted by Crippen LogP contribution is 2.73. The molecule has 0 atom stereocenters. The van der Waals surface area contributed by atoms with Crippen molar-refractivity contribution in [2.45, 2.75) is 269 Å². The first-order chi connectivity index (χ1) is 63.7. The molecule has 666 valence electrons. The van der Waals surface area contributed by atoms with Gasteiger partial charge in [-0.2, -0.15) is 0 Å². The van der Waals surface area contributed by atoms with E-state index in [1.807, 2.05) is 0 Å². The summed E-state index contributed by atoms with van der Waals surface area (Å²) in [5, 5.41) is 7.35. The molecular weight excluding hydrogens is 1580 g/mol. The lowest BCUT2D eigenvalue weighted by Crippen LogP contribution is -2.31. The predicted octanol–water partition coefficient (Wildman–Crippen LogP) is 34.3. The van der Waals surface area contributed by atoms with Crippen LogP contribution in [-0.4, -0.2) is 39.6 Å². The van der Waals surface area contributed by atoms with Crippen LogP contribution in [0.15, 0.2) is 255 Å². The van der Waals surface area contributed by atoms with Crippen LogP contribution >= 0.6 is 0 Å². The average molecular weight is 1720 g/mol. The second kappa shape index (κ2) is 40.3. The molecule has 13 aromatic rings. The number of nitrogens with zero attached hydrogens (tertiary/aromatic N) is 3. The van der Waals surface area contributed by atoms with Crippen molar-refractivity contribution in [1.82, 2.24) is 0 Å². The van der Waals surface area contributed by atoms with Gasteiger partial charge in [0.1, 0.15) is 0 Å². The van der Waals surface area contributed by atoms with Crippen LogP contribution in [0.2, 0.25) is 0 Å². The molecule has 13 aromatic carbocycles. The van der Waals surface area contributed by atoms with Gasteiger partial charge in [0, 0.05) is 83.2 Å². The lowest BCUT2D eigenvalue weighted by molar-refractivity contribution is -0.0443. The van der Waals surface area contributed by atoms with Crippen LogP contribution in [0, 0.1) is 0 Å². The Hall–Kier alpha value is -10.2. The Morgan fingerprint density at radius 3 is 0.698 bits per heavy atom. The Balaban J connectivity index is 0.958. The number of hydrogen-bond donors (Lipinski definition) is 0. The first-order valence-corrected chi connectivity index (χ1v) is 50.3. The molecule has 0 unspecified atom stereocenters. The van der Waals surface area contributed by atoms with E-state index in [4.69, 9.17) is 28.4 Å². The lowest BCUT2D eigenvalue weighted by atomic mass is 9.63. The normalized spacial score (nSPS) is 15.9. The molecular formula is C120H135N3O6. The standard InChI is InChI=1S/C120H135N3O6/c1-7-13-19-31-70-118(71-32-20-14-8-2)103-82-94(121(106-49-37-43-85-40-25-28-46-97(85)106)91-58-52-88(53-59-91)115-124-76-77-125-115)64-67-100(103)109-112(118)110-101-68-65-95(122(107-50-38-44-86-41-26-29-47-98(86)107)92-60-54-89(55-61-92)116-126-78-79-127-116)83-104(101)119(72-33-21-15-9-3,73-34-22-16-10-4)114(110)111-102-69-66-96(84-105(102)120(113(109)111,74-35-23-17-11-5)75-36-24-18-12-6)123(108-51-39-45-87-42-27-30-48-99(87)108)93-62-56-90(57-63-93)117-128-80-81-129-117/h25-30,37-69,82-84,115-117H,7-24,31-36,70-81H2,1-6H3. The Morgan fingerprint density at radius 1 is 0.233 bits per heavy atom. The van der Waals surface area contributed by atoms with Gasteiger partial charge in [0.25, 0.3) is 0 Å². The van der Waals surface area contributed by atoms with Crippen molar-refractivity contribution in [3.05, 3.63) is 305 Å². The minimum Gasteiger partial charge on any atom is -0.346 e. The molecule has 0 N–H and O–H groups in total. The second-order valence-corrected chi connectivity index (χ2v) is 38.0.